The first-order valence-corrected chi connectivity index (χ1v) is 23.4. The molecule has 0 spiro atoms. The molecule has 0 aliphatic rings. The molecule has 2 unspecified atom stereocenters. The van der Waals surface area contributed by atoms with Crippen LogP contribution < -0.4 is 24.8 Å². The van der Waals surface area contributed by atoms with Gasteiger partial charge in [0.05, 0.1) is 0 Å². The van der Waals surface area contributed by atoms with Crippen LogP contribution in [0.2, 0.25) is 13.1 Å². The Morgan fingerprint density at radius 2 is 1.07 bits per heavy atom. The maximum absolute atomic E-state index is 2.41. The van der Waals surface area contributed by atoms with Crippen LogP contribution in [0, 0.1) is 29.6 Å². The van der Waals surface area contributed by atoms with Crippen molar-refractivity contribution in [2.24, 2.45) is 22.7 Å². The molecule has 0 N–H and O–H groups in total. The normalized spacial score (nSPS) is 12.8. The molecule has 0 saturated heterocycles. The summed E-state index contributed by atoms with van der Waals surface area (Å²) in [4.78, 5) is 0. The van der Waals surface area contributed by atoms with Gasteiger partial charge in [0, 0.05) is 0 Å². The minimum absolute atomic E-state index is 0. The SMILES string of the molecule is CC(C)c1cc2c(CCCC(C)C(C)(C)C)cccc2[cH-]1.C[Si](C)=[Zr+2].Cc1cc2c(CCCC(C)C(C)(C)C)cccc2[cH-]1.[Cl-].[Cl-]. The van der Waals surface area contributed by atoms with Crippen LogP contribution in [0.5, 0.6) is 0 Å². The van der Waals surface area contributed by atoms with Gasteiger partial charge < -0.3 is 24.8 Å². The van der Waals surface area contributed by atoms with Gasteiger partial charge in [-0.05, 0) is 67.1 Å². The van der Waals surface area contributed by atoms with Gasteiger partial charge in [0.1, 0.15) is 0 Å². The van der Waals surface area contributed by atoms with Crippen molar-refractivity contribution in [1.82, 2.24) is 0 Å². The van der Waals surface area contributed by atoms with Crippen LogP contribution in [-0.4, -0.2) is 5.43 Å². The molecule has 0 radical (unpaired) electrons. The third kappa shape index (κ3) is 15.3. The second-order valence-corrected chi connectivity index (χ2v) is 25.5. The second-order valence-electron chi connectivity index (χ2n) is 16.1. The summed E-state index contributed by atoms with van der Waals surface area (Å²) in [6.45, 7) is 30.2. The van der Waals surface area contributed by atoms with Gasteiger partial charge in [-0.15, -0.1) is 69.1 Å². The van der Waals surface area contributed by atoms with Crippen LogP contribution in [0.3, 0.4) is 0 Å². The number of hydrogen-bond acceptors (Lipinski definition) is 0. The summed E-state index contributed by atoms with van der Waals surface area (Å²) in [6, 6.07) is 22.9. The van der Waals surface area contributed by atoms with Crippen LogP contribution in [0.25, 0.3) is 21.5 Å². The zero-order chi connectivity index (χ0) is 33.2. The predicted molar refractivity (Wildman–Crippen MR) is 199 cm³/mol. The van der Waals surface area contributed by atoms with Gasteiger partial charge in [0.15, 0.2) is 0 Å². The Morgan fingerprint density at radius 3 is 1.46 bits per heavy atom. The van der Waals surface area contributed by atoms with E-state index in [9.17, 15) is 0 Å². The van der Waals surface area contributed by atoms with Gasteiger partial charge in [-0.1, -0.05) is 99.4 Å². The molecule has 0 fully saturated rings. The molecule has 2 atom stereocenters. The Bertz CT molecular complexity index is 1440. The van der Waals surface area contributed by atoms with E-state index in [1.165, 1.54) is 82.3 Å². The molecule has 46 heavy (non-hydrogen) atoms. The van der Waals surface area contributed by atoms with Crippen molar-refractivity contribution >= 4 is 27.0 Å². The van der Waals surface area contributed by atoms with Gasteiger partial charge >= 0.3 is 41.9 Å². The Balaban J connectivity index is 0.000000761. The van der Waals surface area contributed by atoms with Crippen molar-refractivity contribution in [3.05, 3.63) is 82.9 Å². The first-order chi connectivity index (χ1) is 20.4. The second kappa shape index (κ2) is 20.8. The Hall–Kier alpha value is -0.660. The van der Waals surface area contributed by atoms with Crippen molar-refractivity contribution in [3.8, 4) is 0 Å². The Labute approximate surface area is 312 Å². The minimum atomic E-state index is 0. The van der Waals surface area contributed by atoms with Gasteiger partial charge in [0.25, 0.3) is 0 Å². The molecular weight excluding hydrogens is 695 g/mol. The fraction of sp³-hybridized carbons (Fsp3) is 0.571. The smallest absolute Gasteiger partial charge is 0.0357 e. The summed E-state index contributed by atoms with van der Waals surface area (Å²) in [5, 5.41) is 5.76. The van der Waals surface area contributed by atoms with E-state index in [1.807, 2.05) is 0 Å². The number of rotatable bonds is 9. The summed E-state index contributed by atoms with van der Waals surface area (Å²) in [5.74, 6) is 2.18. The summed E-state index contributed by atoms with van der Waals surface area (Å²) >= 11 is 1.74. The van der Waals surface area contributed by atoms with Crippen LogP contribution in [0.1, 0.15) is 123 Å². The first-order valence-electron chi connectivity index (χ1n) is 17.2. The van der Waals surface area contributed by atoms with Crippen LogP contribution in [0.4, 0.5) is 0 Å². The number of fused-ring (bicyclic) bond motifs is 2. The number of halogens is 2. The Morgan fingerprint density at radius 1 is 0.674 bits per heavy atom. The zero-order valence-corrected chi connectivity index (χ0v) is 36.5. The van der Waals surface area contributed by atoms with Crippen LogP contribution in [0.15, 0.2) is 60.7 Å². The van der Waals surface area contributed by atoms with E-state index >= 15 is 0 Å². The monoisotopic (exact) mass is 756 g/mol. The molecular formula is C42H64Cl2SiZr-2. The average molecular weight is 759 g/mol. The third-order valence-corrected chi connectivity index (χ3v) is 9.64. The van der Waals surface area contributed by atoms with E-state index in [-0.39, 0.29) is 30.2 Å². The molecule has 0 aromatic heterocycles. The number of aryl methyl sites for hydroxylation is 3. The molecule has 4 heteroatoms. The molecule has 0 saturated carbocycles. The molecule has 0 amide bonds. The third-order valence-electron chi connectivity index (χ3n) is 9.64. The summed E-state index contributed by atoms with van der Waals surface area (Å²) in [6.07, 6.45) is 7.64. The number of benzene rings is 2. The van der Waals surface area contributed by atoms with E-state index in [4.69, 9.17) is 0 Å². The average Bonchev–Trinajstić information content (AvgIpc) is 3.51. The van der Waals surface area contributed by atoms with Gasteiger partial charge in [-0.2, -0.15) is 12.1 Å². The minimum Gasteiger partial charge on any atom is -1.00 e. The van der Waals surface area contributed by atoms with E-state index in [2.05, 4.69) is 150 Å². The standard InChI is InChI=1S/C21H31.C19H27.C2H6Si.2ClH.Zr/c1-15(2)19-13-18-12-8-11-17(20(18)14-19)10-7-9-16(3)21(4,5)6;1-14-12-17-11-7-10-16(18(17)13-14)9-6-8-15(2)19(3,4)5;1-3-2;;;/h8,11-16H,7,9-10H2,1-6H3;7,10-13,15H,6,8-9H2,1-5H3;1-2H3;2*1H;/q2*-1;;;;+2/p-2. The van der Waals surface area contributed by atoms with Crippen molar-refractivity contribution < 1.29 is 48.1 Å². The molecule has 0 aliphatic heterocycles. The summed E-state index contributed by atoms with van der Waals surface area (Å²) in [7, 11) is 0. The quantitative estimate of drug-likeness (QED) is 0.124. The Kier molecular flexibility index (Phi) is 20.5. The predicted octanol–water partition coefficient (Wildman–Crippen LogP) is 7.35. The van der Waals surface area contributed by atoms with Crippen molar-refractivity contribution in [3.63, 3.8) is 0 Å². The van der Waals surface area contributed by atoms with Crippen LogP contribution >= 0.6 is 0 Å². The van der Waals surface area contributed by atoms with E-state index in [0.717, 1.165) is 11.8 Å². The van der Waals surface area contributed by atoms with E-state index in [1.54, 1.807) is 23.3 Å². The molecule has 4 aromatic carbocycles. The van der Waals surface area contributed by atoms with Gasteiger partial charge in [-0.3, -0.25) is 0 Å². The maximum atomic E-state index is 2.41. The van der Waals surface area contributed by atoms with E-state index < -0.39 is 0 Å². The van der Waals surface area contributed by atoms with Gasteiger partial charge in [-0.25, -0.2) is 0 Å². The topological polar surface area (TPSA) is 0 Å². The largest absolute Gasteiger partial charge is 1.00 e. The molecule has 256 valence electrons. The van der Waals surface area contributed by atoms with E-state index in [0.29, 0.717) is 16.7 Å². The molecule has 4 aromatic rings. The maximum Gasteiger partial charge on any atom is -0.0357 e. The fourth-order valence-electron chi connectivity index (χ4n) is 5.60. The molecule has 4 rings (SSSR count). The summed E-state index contributed by atoms with van der Waals surface area (Å²) in [5.41, 5.74) is 6.97. The summed E-state index contributed by atoms with van der Waals surface area (Å²) < 4.78 is 0. The number of hydrogen-bond donors (Lipinski definition) is 0. The fourth-order valence-corrected chi connectivity index (χ4v) is 5.60. The van der Waals surface area contributed by atoms with Gasteiger partial charge in [0.2, 0.25) is 0 Å². The molecule has 0 nitrogen and oxygen atoms in total. The van der Waals surface area contributed by atoms with Crippen molar-refractivity contribution in [1.29, 1.82) is 0 Å². The molecule has 0 bridgehead atoms. The van der Waals surface area contributed by atoms with Crippen molar-refractivity contribution in [2.75, 3.05) is 0 Å². The molecule has 0 aliphatic carbocycles. The zero-order valence-electron chi connectivity index (χ0n) is 31.5. The van der Waals surface area contributed by atoms with Crippen molar-refractivity contribution in [2.45, 2.75) is 134 Å². The van der Waals surface area contributed by atoms with Crippen LogP contribution in [-0.2, 0) is 36.2 Å². The molecule has 0 heterocycles. The first kappa shape index (κ1) is 45.3.